The van der Waals surface area contributed by atoms with Gasteiger partial charge in [-0.2, -0.15) is 10.2 Å². The van der Waals surface area contributed by atoms with Crippen LogP contribution in [-0.4, -0.2) is 50.9 Å². The number of aromatic nitrogens is 2. The Morgan fingerprint density at radius 1 is 1.00 bits per heavy atom. The molecule has 2 fully saturated rings. The van der Waals surface area contributed by atoms with Crippen molar-refractivity contribution in [1.29, 1.82) is 0 Å². The maximum absolute atomic E-state index is 13.9. The largest absolute Gasteiger partial charge is 0.330 e. The quantitative estimate of drug-likeness (QED) is 0.772. The molecular formula is C19H18F2N4O2. The van der Waals surface area contributed by atoms with Gasteiger partial charge in [-0.1, -0.05) is 6.07 Å². The SMILES string of the molecule is O=C1C(=O)N(C2CCC2)CCN1Cc1ccc(-c2cccc(F)c2F)nn1. The summed E-state index contributed by atoms with van der Waals surface area (Å²) in [4.78, 5) is 27.8. The number of amides is 2. The number of hydrogen-bond acceptors (Lipinski definition) is 4. The number of hydrogen-bond donors (Lipinski definition) is 0. The molecule has 2 heterocycles. The number of piperazine rings is 1. The third-order valence-corrected chi connectivity index (χ3v) is 5.16. The molecule has 1 saturated heterocycles. The molecule has 1 aromatic carbocycles. The van der Waals surface area contributed by atoms with Crippen molar-refractivity contribution in [2.24, 2.45) is 0 Å². The van der Waals surface area contributed by atoms with Crippen molar-refractivity contribution in [2.45, 2.75) is 31.8 Å². The van der Waals surface area contributed by atoms with Gasteiger partial charge in [0.25, 0.3) is 0 Å². The number of carbonyl (C=O) groups is 2. The molecule has 4 rings (SSSR count). The zero-order valence-electron chi connectivity index (χ0n) is 14.6. The van der Waals surface area contributed by atoms with Crippen LogP contribution >= 0.6 is 0 Å². The molecule has 8 heteroatoms. The van der Waals surface area contributed by atoms with E-state index < -0.39 is 23.4 Å². The van der Waals surface area contributed by atoms with Crippen LogP contribution in [0.5, 0.6) is 0 Å². The lowest BCUT2D eigenvalue weighted by molar-refractivity contribution is -0.159. The predicted molar refractivity (Wildman–Crippen MR) is 92.2 cm³/mol. The molecule has 1 saturated carbocycles. The molecule has 1 aliphatic carbocycles. The van der Waals surface area contributed by atoms with Gasteiger partial charge in [-0.05, 0) is 43.5 Å². The number of nitrogens with zero attached hydrogens (tertiary/aromatic N) is 4. The average molecular weight is 372 g/mol. The lowest BCUT2D eigenvalue weighted by atomic mass is 9.91. The van der Waals surface area contributed by atoms with Crippen molar-refractivity contribution in [3.8, 4) is 11.3 Å². The predicted octanol–water partition coefficient (Wildman–Crippen LogP) is 2.15. The standard InChI is InChI=1S/C19H18F2N4O2/c20-15-6-2-5-14(17(15)21)16-8-7-12(22-23-16)11-24-9-10-25(13-3-1-4-13)19(27)18(24)26/h2,5-8,13H,1,3-4,9-11H2. The molecule has 1 aliphatic heterocycles. The van der Waals surface area contributed by atoms with Gasteiger partial charge in [-0.25, -0.2) is 8.78 Å². The van der Waals surface area contributed by atoms with Gasteiger partial charge in [0, 0.05) is 24.7 Å². The summed E-state index contributed by atoms with van der Waals surface area (Å²) in [6.07, 6.45) is 3.02. The third kappa shape index (κ3) is 3.27. The molecule has 0 bridgehead atoms. The molecule has 140 valence electrons. The van der Waals surface area contributed by atoms with E-state index in [0.29, 0.717) is 18.8 Å². The fourth-order valence-corrected chi connectivity index (χ4v) is 3.37. The molecule has 2 aliphatic rings. The Kier molecular flexibility index (Phi) is 4.55. The maximum atomic E-state index is 13.9. The Labute approximate surface area is 154 Å². The second-order valence-electron chi connectivity index (χ2n) is 6.82. The summed E-state index contributed by atoms with van der Waals surface area (Å²) in [6, 6.07) is 7.18. The minimum Gasteiger partial charge on any atom is -0.330 e. The van der Waals surface area contributed by atoms with Crippen LogP contribution < -0.4 is 0 Å². The highest BCUT2D eigenvalue weighted by atomic mass is 19.2. The summed E-state index contributed by atoms with van der Waals surface area (Å²) < 4.78 is 27.2. The Balaban J connectivity index is 1.45. The zero-order valence-corrected chi connectivity index (χ0v) is 14.6. The highest BCUT2D eigenvalue weighted by molar-refractivity contribution is 6.35. The van der Waals surface area contributed by atoms with Crippen LogP contribution in [0, 0.1) is 11.6 Å². The summed E-state index contributed by atoms with van der Waals surface area (Å²) in [5.74, 6) is -2.92. The summed E-state index contributed by atoms with van der Waals surface area (Å²) in [7, 11) is 0. The van der Waals surface area contributed by atoms with Crippen LogP contribution in [0.4, 0.5) is 8.78 Å². The van der Waals surface area contributed by atoms with Gasteiger partial charge in [-0.3, -0.25) is 9.59 Å². The van der Waals surface area contributed by atoms with Gasteiger partial charge in [0.2, 0.25) is 0 Å². The van der Waals surface area contributed by atoms with Gasteiger partial charge < -0.3 is 9.80 Å². The van der Waals surface area contributed by atoms with Gasteiger partial charge in [0.05, 0.1) is 17.9 Å². The second kappa shape index (κ2) is 7.02. The fourth-order valence-electron chi connectivity index (χ4n) is 3.37. The van der Waals surface area contributed by atoms with Crippen LogP contribution in [0.15, 0.2) is 30.3 Å². The first kappa shape index (κ1) is 17.5. The highest BCUT2D eigenvalue weighted by Gasteiger charge is 2.38. The molecular weight excluding hydrogens is 354 g/mol. The second-order valence-corrected chi connectivity index (χ2v) is 6.82. The molecule has 0 unspecified atom stereocenters. The van der Waals surface area contributed by atoms with Gasteiger partial charge in [0.15, 0.2) is 11.6 Å². The van der Waals surface area contributed by atoms with Crippen molar-refractivity contribution >= 4 is 11.8 Å². The van der Waals surface area contributed by atoms with E-state index in [1.807, 2.05) is 0 Å². The Morgan fingerprint density at radius 3 is 2.48 bits per heavy atom. The van der Waals surface area contributed by atoms with Crippen LogP contribution in [0.1, 0.15) is 25.0 Å². The molecule has 6 nitrogen and oxygen atoms in total. The third-order valence-electron chi connectivity index (χ3n) is 5.16. The first-order valence-corrected chi connectivity index (χ1v) is 8.91. The van der Waals surface area contributed by atoms with E-state index in [0.717, 1.165) is 25.3 Å². The van der Waals surface area contributed by atoms with Crippen molar-refractivity contribution in [1.82, 2.24) is 20.0 Å². The number of carbonyl (C=O) groups excluding carboxylic acids is 2. The van der Waals surface area contributed by atoms with E-state index >= 15 is 0 Å². The van der Waals surface area contributed by atoms with E-state index in [4.69, 9.17) is 0 Å². The van der Waals surface area contributed by atoms with Crippen molar-refractivity contribution in [2.75, 3.05) is 13.1 Å². The van der Waals surface area contributed by atoms with Crippen LogP contribution in [-0.2, 0) is 16.1 Å². The van der Waals surface area contributed by atoms with Gasteiger partial charge in [0.1, 0.15) is 0 Å². The summed E-state index contributed by atoms with van der Waals surface area (Å²) >= 11 is 0. The monoisotopic (exact) mass is 372 g/mol. The molecule has 2 aromatic rings. The molecule has 2 amide bonds. The average Bonchev–Trinajstić information content (AvgIpc) is 2.63. The summed E-state index contributed by atoms with van der Waals surface area (Å²) in [5, 5.41) is 7.94. The Hall–Kier alpha value is -2.90. The van der Waals surface area contributed by atoms with E-state index in [1.165, 1.54) is 23.1 Å². The van der Waals surface area contributed by atoms with Gasteiger partial charge in [-0.15, -0.1) is 0 Å². The van der Waals surface area contributed by atoms with E-state index in [9.17, 15) is 18.4 Å². The molecule has 1 aromatic heterocycles. The minimum atomic E-state index is -0.979. The van der Waals surface area contributed by atoms with Crippen LogP contribution in [0.25, 0.3) is 11.3 Å². The van der Waals surface area contributed by atoms with E-state index in [2.05, 4.69) is 10.2 Å². The zero-order chi connectivity index (χ0) is 19.0. The molecule has 27 heavy (non-hydrogen) atoms. The lowest BCUT2D eigenvalue weighted by Gasteiger charge is -2.42. The van der Waals surface area contributed by atoms with Gasteiger partial charge >= 0.3 is 11.8 Å². The van der Waals surface area contributed by atoms with Crippen LogP contribution in [0.3, 0.4) is 0 Å². The Bertz CT molecular complexity index is 884. The Morgan fingerprint density at radius 2 is 1.81 bits per heavy atom. The van der Waals surface area contributed by atoms with Crippen LogP contribution in [0.2, 0.25) is 0 Å². The van der Waals surface area contributed by atoms with Crippen molar-refractivity contribution in [3.63, 3.8) is 0 Å². The lowest BCUT2D eigenvalue weighted by Crippen LogP contribution is -2.58. The first-order chi connectivity index (χ1) is 13.0. The fraction of sp³-hybridized carbons (Fsp3) is 0.368. The number of rotatable bonds is 4. The van der Waals surface area contributed by atoms with Crippen molar-refractivity contribution < 1.29 is 18.4 Å². The van der Waals surface area contributed by atoms with E-state index in [-0.39, 0.29) is 23.8 Å². The highest BCUT2D eigenvalue weighted by Crippen LogP contribution is 2.27. The number of benzene rings is 1. The molecule has 0 radical (unpaired) electrons. The summed E-state index contributed by atoms with van der Waals surface area (Å²) in [6.45, 7) is 1.13. The molecule has 0 spiro atoms. The first-order valence-electron chi connectivity index (χ1n) is 8.91. The summed E-state index contributed by atoms with van der Waals surface area (Å²) in [5.41, 5.74) is 0.705. The smallest absolute Gasteiger partial charge is 0.312 e. The molecule has 0 N–H and O–H groups in total. The van der Waals surface area contributed by atoms with E-state index in [1.54, 1.807) is 11.0 Å². The topological polar surface area (TPSA) is 66.4 Å². The van der Waals surface area contributed by atoms with Crippen molar-refractivity contribution in [3.05, 3.63) is 47.7 Å². The normalized spacial score (nSPS) is 18.0. The number of halogens is 2. The maximum Gasteiger partial charge on any atom is 0.312 e. The minimum absolute atomic E-state index is 0.0226. The molecule has 0 atom stereocenters.